The zero-order valence-corrected chi connectivity index (χ0v) is 14.7. The summed E-state index contributed by atoms with van der Waals surface area (Å²) in [7, 11) is -1.03. The van der Waals surface area contributed by atoms with E-state index in [0.29, 0.717) is 13.1 Å². The number of carbonyl (C=O) groups excluding carboxylic acids is 1. The molecule has 1 aromatic carbocycles. The summed E-state index contributed by atoms with van der Waals surface area (Å²) >= 11 is 0. The van der Waals surface area contributed by atoms with E-state index < -0.39 is 16.0 Å². The van der Waals surface area contributed by atoms with Gasteiger partial charge in [0, 0.05) is 19.1 Å². The minimum Gasteiger partial charge on any atom is -0.495 e. The van der Waals surface area contributed by atoms with Crippen LogP contribution in [0.25, 0.3) is 0 Å². The lowest BCUT2D eigenvalue weighted by Gasteiger charge is -2.43. The lowest BCUT2D eigenvalue weighted by molar-refractivity contribution is 0.0600. The molecular formula is C16H22N2O5S. The number of ether oxygens (including phenoxy) is 2. The predicted octanol–water partition coefficient (Wildman–Crippen LogP) is 0.950. The zero-order chi connectivity index (χ0) is 17.3. The molecular weight excluding hydrogens is 332 g/mol. The number of hydrogen-bond acceptors (Lipinski definition) is 6. The van der Waals surface area contributed by atoms with E-state index in [2.05, 4.69) is 9.64 Å². The number of esters is 1. The van der Waals surface area contributed by atoms with Gasteiger partial charge >= 0.3 is 5.97 Å². The van der Waals surface area contributed by atoms with Crippen molar-refractivity contribution in [3.8, 4) is 5.75 Å². The molecule has 24 heavy (non-hydrogen) atoms. The van der Waals surface area contributed by atoms with Crippen molar-refractivity contribution in [2.24, 2.45) is 0 Å². The van der Waals surface area contributed by atoms with E-state index in [4.69, 9.17) is 4.74 Å². The monoisotopic (exact) mass is 354 g/mol. The van der Waals surface area contributed by atoms with Crippen molar-refractivity contribution >= 4 is 16.0 Å². The van der Waals surface area contributed by atoms with Crippen LogP contribution in [0.2, 0.25) is 0 Å². The van der Waals surface area contributed by atoms with Crippen molar-refractivity contribution < 1.29 is 22.7 Å². The van der Waals surface area contributed by atoms with Gasteiger partial charge in [-0.2, -0.15) is 4.31 Å². The highest BCUT2D eigenvalue weighted by atomic mass is 32.2. The van der Waals surface area contributed by atoms with E-state index in [1.807, 2.05) is 0 Å². The maximum absolute atomic E-state index is 12.9. The van der Waals surface area contributed by atoms with E-state index >= 15 is 0 Å². The third kappa shape index (κ3) is 3.01. The number of likely N-dealkylation sites (tertiary alicyclic amines) is 1. The molecule has 0 N–H and O–H groups in total. The zero-order valence-electron chi connectivity index (χ0n) is 13.9. The van der Waals surface area contributed by atoms with Crippen molar-refractivity contribution in [3.05, 3.63) is 23.8 Å². The summed E-state index contributed by atoms with van der Waals surface area (Å²) in [5, 5.41) is 0. The lowest BCUT2D eigenvalue weighted by Crippen LogP contribution is -2.60. The highest BCUT2D eigenvalue weighted by Crippen LogP contribution is 2.32. The average molecular weight is 354 g/mol. The van der Waals surface area contributed by atoms with E-state index in [9.17, 15) is 13.2 Å². The Balaban J connectivity index is 1.82. The normalized spacial score (nSPS) is 19.9. The lowest BCUT2D eigenvalue weighted by atomic mass is 10.1. The molecule has 2 fully saturated rings. The van der Waals surface area contributed by atoms with Gasteiger partial charge in [0.2, 0.25) is 10.0 Å². The van der Waals surface area contributed by atoms with Crippen molar-refractivity contribution in [2.45, 2.75) is 23.8 Å². The number of hydrogen-bond donors (Lipinski definition) is 0. The highest BCUT2D eigenvalue weighted by Gasteiger charge is 2.41. The molecule has 0 spiro atoms. The van der Waals surface area contributed by atoms with Crippen molar-refractivity contribution in [3.63, 3.8) is 0 Å². The number of carbonyl (C=O) groups is 1. The number of sulfonamides is 1. The van der Waals surface area contributed by atoms with Gasteiger partial charge < -0.3 is 9.47 Å². The van der Waals surface area contributed by atoms with Crippen LogP contribution in [-0.2, 0) is 14.8 Å². The molecule has 0 bridgehead atoms. The fraction of sp³-hybridized carbons (Fsp3) is 0.562. The van der Waals surface area contributed by atoms with E-state index in [1.165, 1.54) is 49.6 Å². The highest BCUT2D eigenvalue weighted by molar-refractivity contribution is 7.89. The topological polar surface area (TPSA) is 76.1 Å². The molecule has 2 heterocycles. The van der Waals surface area contributed by atoms with Gasteiger partial charge in [-0.15, -0.1) is 0 Å². The Labute approximate surface area is 142 Å². The minimum atomic E-state index is -3.70. The van der Waals surface area contributed by atoms with Gasteiger partial charge in [-0.3, -0.25) is 4.90 Å². The van der Waals surface area contributed by atoms with Crippen molar-refractivity contribution in [1.82, 2.24) is 9.21 Å². The molecule has 7 nitrogen and oxygen atoms in total. The van der Waals surface area contributed by atoms with Crippen molar-refractivity contribution in [2.75, 3.05) is 40.4 Å². The Morgan fingerprint density at radius 2 is 1.83 bits per heavy atom. The molecule has 0 amide bonds. The molecule has 0 aliphatic carbocycles. The third-order valence-electron chi connectivity index (χ3n) is 4.69. The number of methoxy groups -OCH3 is 2. The van der Waals surface area contributed by atoms with Crippen LogP contribution in [0.3, 0.4) is 0 Å². The molecule has 1 aromatic rings. The SMILES string of the molecule is COC(=O)c1ccc(OC)c(S(=O)(=O)N2CC(N3CCCC3)C2)c1. The van der Waals surface area contributed by atoms with Gasteiger partial charge in [0.1, 0.15) is 10.6 Å². The smallest absolute Gasteiger partial charge is 0.337 e. The minimum absolute atomic E-state index is 0.00720. The summed E-state index contributed by atoms with van der Waals surface area (Å²) in [6.07, 6.45) is 2.36. The summed E-state index contributed by atoms with van der Waals surface area (Å²) in [4.78, 5) is 14.0. The first-order valence-corrected chi connectivity index (χ1v) is 9.42. The second kappa shape index (κ2) is 6.70. The van der Waals surface area contributed by atoms with Gasteiger partial charge in [0.25, 0.3) is 0 Å². The van der Waals surface area contributed by atoms with E-state index in [1.54, 1.807) is 0 Å². The second-order valence-electron chi connectivity index (χ2n) is 6.08. The first-order valence-electron chi connectivity index (χ1n) is 7.98. The Morgan fingerprint density at radius 3 is 2.42 bits per heavy atom. The largest absolute Gasteiger partial charge is 0.495 e. The van der Waals surface area contributed by atoms with Crippen molar-refractivity contribution in [1.29, 1.82) is 0 Å². The predicted molar refractivity (Wildman–Crippen MR) is 87.7 cm³/mol. The molecule has 2 aliphatic rings. The van der Waals surface area contributed by atoms with Gasteiger partial charge in [-0.1, -0.05) is 0 Å². The molecule has 2 saturated heterocycles. The van der Waals surface area contributed by atoms with Gasteiger partial charge in [-0.25, -0.2) is 13.2 Å². The number of nitrogens with zero attached hydrogens (tertiary/aromatic N) is 2. The van der Waals surface area contributed by atoms with Crippen LogP contribution >= 0.6 is 0 Å². The summed E-state index contributed by atoms with van der Waals surface area (Å²) in [5.74, 6) is -0.347. The van der Waals surface area contributed by atoms with Crippen LogP contribution in [0.1, 0.15) is 23.2 Å². The maximum atomic E-state index is 12.9. The van der Waals surface area contributed by atoms with Crippen LogP contribution in [0.4, 0.5) is 0 Å². The third-order valence-corrected chi connectivity index (χ3v) is 6.54. The van der Waals surface area contributed by atoms with Gasteiger partial charge in [0.15, 0.2) is 0 Å². The first-order chi connectivity index (χ1) is 11.5. The quantitative estimate of drug-likeness (QED) is 0.733. The Kier molecular flexibility index (Phi) is 4.80. The molecule has 3 rings (SSSR count). The molecule has 0 aromatic heterocycles. The van der Waals surface area contributed by atoms with Gasteiger partial charge in [-0.05, 0) is 44.1 Å². The summed E-state index contributed by atoms with van der Waals surface area (Å²) in [6, 6.07) is 4.59. The summed E-state index contributed by atoms with van der Waals surface area (Å²) < 4.78 is 37.1. The molecule has 0 saturated carbocycles. The first kappa shape index (κ1) is 17.2. The van der Waals surface area contributed by atoms with E-state index in [0.717, 1.165) is 13.1 Å². The standard InChI is InChI=1S/C16H22N2O5S/c1-22-14-6-5-12(16(19)23-2)9-15(14)24(20,21)18-10-13(11-18)17-7-3-4-8-17/h5-6,9,13H,3-4,7-8,10-11H2,1-2H3. The summed E-state index contributed by atoms with van der Waals surface area (Å²) in [5.41, 5.74) is 0.188. The van der Waals surface area contributed by atoms with Crippen LogP contribution in [0.15, 0.2) is 23.1 Å². The maximum Gasteiger partial charge on any atom is 0.337 e. The molecule has 0 unspecified atom stereocenters. The van der Waals surface area contributed by atoms with Crippen LogP contribution < -0.4 is 4.74 Å². The average Bonchev–Trinajstić information content (AvgIpc) is 3.05. The second-order valence-corrected chi connectivity index (χ2v) is 7.98. The Morgan fingerprint density at radius 1 is 1.17 bits per heavy atom. The van der Waals surface area contributed by atoms with E-state index in [-0.39, 0.29) is 22.3 Å². The summed E-state index contributed by atoms with van der Waals surface area (Å²) in [6.45, 7) is 3.04. The fourth-order valence-electron chi connectivity index (χ4n) is 3.21. The Bertz CT molecular complexity index is 722. The molecule has 2 aliphatic heterocycles. The fourth-order valence-corrected chi connectivity index (χ4v) is 4.91. The van der Waals surface area contributed by atoms with Crippen LogP contribution in [0.5, 0.6) is 5.75 Å². The van der Waals surface area contributed by atoms with Crippen LogP contribution in [0, 0.1) is 0 Å². The number of rotatable bonds is 5. The number of benzene rings is 1. The molecule has 0 radical (unpaired) electrons. The molecule has 8 heteroatoms. The van der Waals surface area contributed by atoms with Crippen LogP contribution in [-0.4, -0.2) is 70.0 Å². The molecule has 0 atom stereocenters. The van der Waals surface area contributed by atoms with Gasteiger partial charge in [0.05, 0.1) is 19.8 Å². The molecule has 132 valence electrons. The Hall–Kier alpha value is -1.64.